The van der Waals surface area contributed by atoms with Gasteiger partial charge in [0.1, 0.15) is 0 Å². The molecule has 0 radical (unpaired) electrons. The number of para-hydroxylation sites is 1. The van der Waals surface area contributed by atoms with E-state index in [9.17, 15) is 9.59 Å². The number of aryl methyl sites for hydroxylation is 1. The number of rotatable bonds is 5. The van der Waals surface area contributed by atoms with Gasteiger partial charge in [-0.3, -0.25) is 9.59 Å². The number of nitrogens with zero attached hydrogens (tertiary/aromatic N) is 1. The van der Waals surface area contributed by atoms with Crippen molar-refractivity contribution >= 4 is 17.5 Å². The minimum absolute atomic E-state index is 0. The van der Waals surface area contributed by atoms with Gasteiger partial charge in [0.05, 0.1) is 30.9 Å². The highest BCUT2D eigenvalue weighted by Gasteiger charge is 2.30. The van der Waals surface area contributed by atoms with Gasteiger partial charge in [0, 0.05) is 38.8 Å². The van der Waals surface area contributed by atoms with Crippen molar-refractivity contribution in [3.05, 3.63) is 65.2 Å². The number of benzene rings is 2. The maximum absolute atomic E-state index is 13.1. The lowest BCUT2D eigenvalue weighted by Gasteiger charge is -2.35. The van der Waals surface area contributed by atoms with E-state index in [1.165, 1.54) is 5.56 Å². The second-order valence-electron chi connectivity index (χ2n) is 8.29. The van der Waals surface area contributed by atoms with Crippen molar-refractivity contribution in [1.29, 1.82) is 0 Å². The van der Waals surface area contributed by atoms with E-state index < -0.39 is 0 Å². The number of piperidine rings is 1. The highest BCUT2D eigenvalue weighted by Crippen LogP contribution is 2.28. The Balaban J connectivity index is 0.00000256. The van der Waals surface area contributed by atoms with Gasteiger partial charge in [-0.1, -0.05) is 42.5 Å². The van der Waals surface area contributed by atoms with Crippen LogP contribution in [0.5, 0.6) is 0 Å². The Hall–Kier alpha value is -2.37. The van der Waals surface area contributed by atoms with Gasteiger partial charge in [-0.05, 0) is 23.6 Å². The van der Waals surface area contributed by atoms with Crippen molar-refractivity contribution in [1.82, 2.24) is 4.90 Å². The van der Waals surface area contributed by atoms with Crippen molar-refractivity contribution in [3.8, 4) is 0 Å². The summed E-state index contributed by atoms with van der Waals surface area (Å²) in [5, 5.41) is 2.92. The highest BCUT2D eigenvalue weighted by atomic mass is 35.5. The average molecular weight is 428 g/mol. The van der Waals surface area contributed by atoms with E-state index in [1.54, 1.807) is 4.90 Å². The number of likely N-dealkylation sites (N-methyl/N-ethyl adjacent to an activating group) is 1. The molecule has 2 aromatic rings. The highest BCUT2D eigenvalue weighted by molar-refractivity contribution is 6.05. The van der Waals surface area contributed by atoms with Crippen LogP contribution in [0.1, 0.15) is 40.7 Å². The van der Waals surface area contributed by atoms with E-state index in [2.05, 4.69) is 42.7 Å². The molecule has 4 rings (SSSR count). The van der Waals surface area contributed by atoms with Crippen LogP contribution < -0.4 is 22.6 Å². The Morgan fingerprint density at radius 3 is 2.53 bits per heavy atom. The largest absolute Gasteiger partial charge is 1.00 e. The molecule has 1 fully saturated rings. The predicted octanol–water partition coefficient (Wildman–Crippen LogP) is -1.06. The molecule has 1 unspecified atom stereocenters. The SMILES string of the molecule is C[NH+](CCc1ccccc1)C1CCN(C(=O)c2cccc3c2NC(=O)CC3)CC1.[Cl-]. The number of fused-ring (bicyclic) bond motifs is 1. The molecule has 2 aliphatic rings. The normalized spacial score (nSPS) is 17.5. The van der Waals surface area contributed by atoms with Gasteiger partial charge < -0.3 is 27.5 Å². The second-order valence-corrected chi connectivity index (χ2v) is 8.29. The van der Waals surface area contributed by atoms with Crippen LogP contribution in [0.2, 0.25) is 0 Å². The van der Waals surface area contributed by atoms with Crippen molar-refractivity contribution in [2.75, 3.05) is 32.0 Å². The Labute approximate surface area is 184 Å². The summed E-state index contributed by atoms with van der Waals surface area (Å²) < 4.78 is 0. The van der Waals surface area contributed by atoms with Crippen LogP contribution in [0.4, 0.5) is 5.69 Å². The summed E-state index contributed by atoms with van der Waals surface area (Å²) >= 11 is 0. The number of hydrogen-bond donors (Lipinski definition) is 2. The topological polar surface area (TPSA) is 53.9 Å². The zero-order valence-electron chi connectivity index (χ0n) is 17.5. The van der Waals surface area contributed by atoms with Gasteiger partial charge in [-0.2, -0.15) is 0 Å². The molecule has 0 aliphatic carbocycles. The third-order valence-electron chi connectivity index (χ3n) is 6.40. The lowest BCUT2D eigenvalue weighted by Crippen LogP contribution is -3.13. The summed E-state index contributed by atoms with van der Waals surface area (Å²) in [6.07, 6.45) is 4.33. The van der Waals surface area contributed by atoms with Gasteiger partial charge in [0.15, 0.2) is 0 Å². The maximum Gasteiger partial charge on any atom is 0.255 e. The first kappa shape index (κ1) is 22.3. The van der Waals surface area contributed by atoms with Gasteiger partial charge in [-0.25, -0.2) is 0 Å². The number of likely N-dealkylation sites (tertiary alicyclic amines) is 1. The summed E-state index contributed by atoms with van der Waals surface area (Å²) in [7, 11) is 2.27. The van der Waals surface area contributed by atoms with Gasteiger partial charge in [-0.15, -0.1) is 0 Å². The molecule has 0 spiro atoms. The fraction of sp³-hybridized carbons (Fsp3) is 0.417. The summed E-state index contributed by atoms with van der Waals surface area (Å²) in [6.45, 7) is 2.68. The molecular weight excluding hydrogens is 398 g/mol. The maximum atomic E-state index is 13.1. The lowest BCUT2D eigenvalue weighted by atomic mass is 9.97. The first-order valence-electron chi connectivity index (χ1n) is 10.7. The van der Waals surface area contributed by atoms with Crippen LogP contribution in [0.15, 0.2) is 48.5 Å². The van der Waals surface area contributed by atoms with Crippen molar-refractivity contribution < 1.29 is 26.9 Å². The molecule has 2 aromatic carbocycles. The molecular formula is C24H30ClN3O2. The molecule has 30 heavy (non-hydrogen) atoms. The summed E-state index contributed by atoms with van der Waals surface area (Å²) in [5.74, 6) is 0.0459. The summed E-state index contributed by atoms with van der Waals surface area (Å²) in [6, 6.07) is 17.0. The number of halogens is 1. The molecule has 1 atom stereocenters. The number of hydrogen-bond acceptors (Lipinski definition) is 2. The summed E-state index contributed by atoms with van der Waals surface area (Å²) in [5.41, 5.74) is 3.81. The third kappa shape index (κ3) is 5.02. The Kier molecular flexibility index (Phi) is 7.51. The second kappa shape index (κ2) is 10.1. The van der Waals surface area contributed by atoms with E-state index in [1.807, 2.05) is 23.1 Å². The van der Waals surface area contributed by atoms with Crippen molar-refractivity contribution in [3.63, 3.8) is 0 Å². The number of carbonyl (C=O) groups is 2. The van der Waals surface area contributed by atoms with Crippen LogP contribution in [-0.2, 0) is 17.6 Å². The van der Waals surface area contributed by atoms with E-state index in [0.717, 1.165) is 50.1 Å². The van der Waals surface area contributed by atoms with Gasteiger partial charge in [0.2, 0.25) is 5.91 Å². The molecule has 2 N–H and O–H groups in total. The van der Waals surface area contributed by atoms with Crippen LogP contribution in [0.3, 0.4) is 0 Å². The van der Waals surface area contributed by atoms with Gasteiger partial charge in [0.25, 0.3) is 5.91 Å². The smallest absolute Gasteiger partial charge is 0.255 e. The standard InChI is InChI=1S/C24H29N3O2.ClH/c1-26(15-12-18-6-3-2-4-7-18)20-13-16-27(17-14-20)24(29)21-9-5-8-19-10-11-22(28)25-23(19)21;/h2-9,20H,10-17H2,1H3,(H,25,28);1H. The minimum Gasteiger partial charge on any atom is -1.00 e. The monoisotopic (exact) mass is 427 g/mol. The Morgan fingerprint density at radius 2 is 1.80 bits per heavy atom. The molecule has 2 amide bonds. The molecule has 2 heterocycles. The number of amides is 2. The summed E-state index contributed by atoms with van der Waals surface area (Å²) in [4.78, 5) is 28.5. The predicted molar refractivity (Wildman–Crippen MR) is 114 cm³/mol. The average Bonchev–Trinajstić information content (AvgIpc) is 2.77. The molecule has 160 valence electrons. The quantitative estimate of drug-likeness (QED) is 0.639. The molecule has 0 saturated carbocycles. The van der Waals surface area contributed by atoms with Crippen molar-refractivity contribution in [2.24, 2.45) is 0 Å². The van der Waals surface area contributed by atoms with Crippen LogP contribution in [-0.4, -0.2) is 49.4 Å². The van der Waals surface area contributed by atoms with E-state index >= 15 is 0 Å². The molecule has 5 nitrogen and oxygen atoms in total. The number of anilines is 1. The van der Waals surface area contributed by atoms with Crippen LogP contribution >= 0.6 is 0 Å². The minimum atomic E-state index is 0. The van der Waals surface area contributed by atoms with E-state index in [4.69, 9.17) is 0 Å². The van der Waals surface area contributed by atoms with E-state index in [0.29, 0.717) is 24.4 Å². The van der Waals surface area contributed by atoms with E-state index in [-0.39, 0.29) is 24.2 Å². The number of nitrogens with one attached hydrogen (secondary N) is 2. The molecule has 2 aliphatic heterocycles. The molecule has 0 aromatic heterocycles. The number of quaternary nitrogens is 1. The van der Waals surface area contributed by atoms with Crippen LogP contribution in [0.25, 0.3) is 0 Å². The molecule has 0 bridgehead atoms. The fourth-order valence-corrected chi connectivity index (χ4v) is 4.52. The zero-order valence-corrected chi connectivity index (χ0v) is 18.3. The van der Waals surface area contributed by atoms with Gasteiger partial charge >= 0.3 is 0 Å². The Bertz CT molecular complexity index is 879. The molecule has 1 saturated heterocycles. The third-order valence-corrected chi connectivity index (χ3v) is 6.40. The lowest BCUT2D eigenvalue weighted by molar-refractivity contribution is -0.907. The zero-order chi connectivity index (χ0) is 20.2. The van der Waals surface area contributed by atoms with Crippen LogP contribution in [0, 0.1) is 0 Å². The first-order chi connectivity index (χ1) is 14.1. The van der Waals surface area contributed by atoms with Crippen molar-refractivity contribution in [2.45, 2.75) is 38.1 Å². The Morgan fingerprint density at radius 1 is 1.07 bits per heavy atom. The number of carbonyl (C=O) groups excluding carboxylic acids is 2. The first-order valence-corrected chi connectivity index (χ1v) is 10.7. The fourth-order valence-electron chi connectivity index (χ4n) is 4.52. The molecule has 6 heteroatoms.